The summed E-state index contributed by atoms with van der Waals surface area (Å²) in [6.07, 6.45) is -5.38. The van der Waals surface area contributed by atoms with Gasteiger partial charge in [-0.15, -0.1) is 0 Å². The summed E-state index contributed by atoms with van der Waals surface area (Å²) >= 11 is 0.0230. The van der Waals surface area contributed by atoms with Gasteiger partial charge in [-0.3, -0.25) is 9.36 Å². The average molecular weight is 1470 g/mol. The van der Waals surface area contributed by atoms with Crippen molar-refractivity contribution in [3.63, 3.8) is 0 Å². The van der Waals surface area contributed by atoms with Crippen LogP contribution in [0.3, 0.4) is 0 Å². The number of hydrogen-bond acceptors (Lipinski definition) is 22. The van der Waals surface area contributed by atoms with Crippen LogP contribution in [0, 0.1) is 75.4 Å². The van der Waals surface area contributed by atoms with Crippen LogP contribution in [0.5, 0.6) is 0 Å². The van der Waals surface area contributed by atoms with Gasteiger partial charge < -0.3 is 39.8 Å². The van der Waals surface area contributed by atoms with Gasteiger partial charge in [0.05, 0.1) is 24.0 Å². The molecule has 31 nitrogen and oxygen atoms in total. The van der Waals surface area contributed by atoms with E-state index in [-0.39, 0.29) is 98.0 Å². The molecule has 6 aliphatic heterocycles. The van der Waals surface area contributed by atoms with Crippen LogP contribution in [0.1, 0.15) is 164 Å². The van der Waals surface area contributed by atoms with Crippen LogP contribution in [-0.2, 0) is 71.6 Å². The molecule has 2 saturated heterocycles. The molecular formula is C68H99CoN15O16P. The third-order valence-corrected chi connectivity index (χ3v) is 24.0. The number of benzene rings is 1. The van der Waals surface area contributed by atoms with Gasteiger partial charge in [-0.05, 0) is 43.0 Å². The Hall–Kier alpha value is -7.57. The molecule has 18 N–H and O–H groups in total. The van der Waals surface area contributed by atoms with Crippen molar-refractivity contribution < 1.29 is 91.8 Å². The quantitative estimate of drug-likeness (QED) is 0.0522. The number of nitriles is 1. The number of aliphatic hydroxyl groups is 2. The summed E-state index contributed by atoms with van der Waals surface area (Å²) in [5.74, 6) is -8.79. The molecule has 0 radical (unpaired) electrons. The predicted molar refractivity (Wildman–Crippen MR) is 366 cm³/mol. The van der Waals surface area contributed by atoms with Crippen molar-refractivity contribution in [2.24, 2.45) is 106 Å². The fourth-order valence-corrected chi connectivity index (χ4v) is 18.3. The van der Waals surface area contributed by atoms with Crippen LogP contribution < -0.4 is 50.3 Å². The number of aliphatic hydroxyl groups excluding tert-OH is 2. The maximum atomic E-state index is 14.5. The number of aliphatic imine (C=N–C) groups is 3. The number of allylic oxidation sites excluding steroid dienone is 6. The Morgan fingerprint density at radius 1 is 0.802 bits per heavy atom. The first-order valence-corrected chi connectivity index (χ1v) is 36.0. The number of carbonyl (C=O) groups excluding carboxylic acids is 7. The Labute approximate surface area is 593 Å². The Bertz CT molecular complexity index is 3930. The van der Waals surface area contributed by atoms with Gasteiger partial charge in [-0.2, -0.15) is 0 Å². The van der Waals surface area contributed by atoms with E-state index in [0.29, 0.717) is 56.4 Å². The first kappa shape index (κ1) is 80.7. The molecule has 1 aromatic heterocycles. The number of imidazole rings is 1. The van der Waals surface area contributed by atoms with Gasteiger partial charge in [0.15, 0.2) is 6.23 Å². The normalized spacial score (nSPS) is 32.0. The maximum absolute atomic E-state index is 14.5. The topological polar surface area (TPSA) is 541 Å². The molecule has 8 bridgehead atoms. The number of nitrogens with two attached hydrogens (primary N) is 7. The minimum Gasteiger partial charge on any atom is -0.480 e. The van der Waals surface area contributed by atoms with E-state index in [1.165, 1.54) is 17.8 Å². The molecule has 1 aromatic carbocycles. The van der Waals surface area contributed by atoms with Crippen molar-refractivity contribution in [3.05, 3.63) is 63.9 Å². The average Bonchev–Trinajstić information content (AvgIpc) is 1.52. The van der Waals surface area contributed by atoms with Crippen LogP contribution >= 0.6 is 7.82 Å². The number of fused-ring (bicyclic) bond motifs is 7. The molecule has 2 fully saturated rings. The van der Waals surface area contributed by atoms with E-state index in [9.17, 15) is 63.3 Å². The molecule has 0 saturated carbocycles. The Morgan fingerprint density at radius 2 is 1.39 bits per heavy atom. The van der Waals surface area contributed by atoms with Crippen LogP contribution in [0.25, 0.3) is 11.0 Å². The number of amides is 7. The third-order valence-electron chi connectivity index (χ3n) is 21.8. The summed E-state index contributed by atoms with van der Waals surface area (Å²) in [5, 5.41) is 46.1. The first-order chi connectivity index (χ1) is 46.9. The number of carboxylic acid groups (broad SMARTS) is 1. The monoisotopic (exact) mass is 1470 g/mol. The molecule has 7 heterocycles. The van der Waals surface area contributed by atoms with E-state index in [1.807, 2.05) is 53.7 Å². The summed E-state index contributed by atoms with van der Waals surface area (Å²) in [5.41, 5.74) is 41.5. The van der Waals surface area contributed by atoms with E-state index >= 15 is 0 Å². The fourth-order valence-electron chi connectivity index (χ4n) is 16.0. The minimum atomic E-state index is -5.35. The van der Waals surface area contributed by atoms with Crippen molar-refractivity contribution in [1.82, 2.24) is 18.8 Å². The Balaban J connectivity index is 0.00000168. The number of carboxylic acids is 1. The van der Waals surface area contributed by atoms with E-state index in [4.69, 9.17) is 74.0 Å². The zero-order valence-electron chi connectivity index (χ0n) is 59.5. The van der Waals surface area contributed by atoms with E-state index < -0.39 is 155 Å². The van der Waals surface area contributed by atoms with Crippen LogP contribution in [0.2, 0.25) is 0 Å². The summed E-state index contributed by atoms with van der Waals surface area (Å²) in [4.78, 5) is 139. The minimum absolute atomic E-state index is 0.0111. The molecule has 33 heteroatoms. The van der Waals surface area contributed by atoms with Crippen molar-refractivity contribution >= 4 is 83.3 Å². The summed E-state index contributed by atoms with van der Waals surface area (Å²) < 4.78 is 33.7. The zero-order chi connectivity index (χ0) is 75.7. The summed E-state index contributed by atoms with van der Waals surface area (Å²) in [7, 11) is -5.35. The Kier molecular flexibility index (Phi) is 24.9. The molecule has 2 unspecified atom stereocenters. The van der Waals surface area contributed by atoms with Gasteiger partial charge in [0.1, 0.15) is 24.4 Å². The van der Waals surface area contributed by atoms with Crippen LogP contribution in [0.15, 0.2) is 67.8 Å². The summed E-state index contributed by atoms with van der Waals surface area (Å²) in [6, 6.07) is 1.85. The molecule has 101 heavy (non-hydrogen) atoms. The van der Waals surface area contributed by atoms with Crippen molar-refractivity contribution in [2.75, 3.05) is 13.2 Å². The van der Waals surface area contributed by atoms with E-state index in [1.54, 1.807) is 51.6 Å². The second-order valence-electron chi connectivity index (χ2n) is 29.4. The molecule has 2 aromatic rings. The number of primary amides is 6. The molecule has 0 aliphatic carbocycles. The molecule has 8 rings (SSSR count). The van der Waals surface area contributed by atoms with E-state index in [0.717, 1.165) is 11.1 Å². The third kappa shape index (κ3) is 16.3. The SMILES string of the molecule is C/C1=C2N=C(/C=C3N=C(/C(C)=C4/[C@@H](CCC(N)=O)[C@](C)(CC(N)=O)[C@](C)([C@@H]5N=C1[C@](C)(CCC(=O)NCC(C)OP(=O)([O-])O[C@H]1[C@@H](O)[C@@H](n6cnc7cc(C)c(C)cc76)O[C@@H]1CO)[C@H]5CC(N)=O)[N]4[Co+][C]#N)[C@@](C)(CC(N)=O)[C@@H]\3CCC(N)=O)C(C)(C)[C@@H]/2CCC(N)=O.CC(C)[C@H](N)C(=O)O. The predicted octanol–water partition coefficient (Wildman–Crippen LogP) is 2.78. The second kappa shape index (κ2) is 31.2. The number of ether oxygens (including phenoxy) is 1. The standard InChI is InChI=1S/C62H90N13O14P.C5H11NO2.CN.Co/c1-29-20-39-40(21-30(29)2)75(28-70-39)57-52(84)53(41(27-76)87-57)89-90(85,86)88-31(3)26-69-49(83)18-19-59(8)37(22-46(66)80)56-62(11)61(10,25-48(68)82)36(14-17-45(65)79)51(74-62)33(5)55-60(9,24-47(67)81)34(12-15-43(63)77)38(71-55)23-42-58(6,7)35(13-16-44(64)78)50(72-42)32(4)54(59)73-56;1-3(2)4(6)5(7)8;1-2;/h20-21,23,28,31,34-37,41,52-53,56-57,76,84H,12-19,22,24-27H2,1-11H3,(H15,63,64,65,66,67,68,69,71,72,73,74,77,78,79,80,81,82,83,85,86);3-4H,6H2,1-2H3,(H,7,8);;/q;;;+2/p-2/t31?,34-,35-,36-,37+,41-,52-,53-,56-,57+,59-,60+,61+,62+;4-;;/m10../s1. The van der Waals surface area contributed by atoms with Gasteiger partial charge in [0.2, 0.25) is 0 Å². The number of aromatic nitrogens is 2. The number of aliphatic carboxylic acids is 1. The van der Waals surface area contributed by atoms with Gasteiger partial charge in [0, 0.05) is 0 Å². The first-order valence-electron chi connectivity index (χ1n) is 33.6. The fraction of sp³-hybridized carbons (Fsp3) is 0.632. The smallest absolute Gasteiger partial charge is 0.480 e. The van der Waals surface area contributed by atoms with E-state index in [2.05, 4.69) is 15.3 Å². The van der Waals surface area contributed by atoms with Crippen LogP contribution in [0.4, 0.5) is 0 Å². The van der Waals surface area contributed by atoms with Crippen molar-refractivity contribution in [3.8, 4) is 5.00 Å². The van der Waals surface area contributed by atoms with Gasteiger partial charge in [0.25, 0.3) is 7.82 Å². The van der Waals surface area contributed by atoms with Gasteiger partial charge in [-0.25, -0.2) is 4.98 Å². The summed E-state index contributed by atoms with van der Waals surface area (Å²) in [6.45, 7) is 22.3. The number of rotatable bonds is 29. The molecule has 0 spiro atoms. The Morgan fingerprint density at radius 3 is 1.92 bits per heavy atom. The number of hydrogen-bond donors (Lipinski definition) is 11. The second-order valence-corrected chi connectivity index (χ2v) is 31.6. The van der Waals surface area contributed by atoms with Crippen molar-refractivity contribution in [2.45, 2.75) is 209 Å². The van der Waals surface area contributed by atoms with Gasteiger partial charge in [-0.1, -0.05) is 13.8 Å². The number of aryl methyl sites for hydroxylation is 2. The molecular weight excluding hydrogens is 1370 g/mol. The molecule has 6 aliphatic rings. The number of phosphoric ester groups is 1. The number of nitrogens with one attached hydrogen (secondary N) is 1. The molecule has 7 amide bonds. The number of nitrogens with zero attached hydrogens (tertiary/aromatic N) is 7. The molecule has 556 valence electrons. The zero-order valence-corrected chi connectivity index (χ0v) is 61.5. The van der Waals surface area contributed by atoms with Gasteiger partial charge >= 0.3 is 423 Å². The van der Waals surface area contributed by atoms with Crippen molar-refractivity contribution in [1.29, 1.82) is 5.26 Å². The number of carbonyl (C=O) groups is 8. The number of phosphoric acid groups is 1. The molecule has 16 atom stereocenters. The van der Waals surface area contributed by atoms with Crippen LogP contribution in [-0.4, -0.2) is 148 Å².